The Hall–Kier alpha value is -6.38. The first-order valence-corrected chi connectivity index (χ1v) is 16.8. The van der Waals surface area contributed by atoms with Crippen molar-refractivity contribution < 1.29 is 0 Å². The second-order valence-electron chi connectivity index (χ2n) is 12.9. The smallest absolute Gasteiger partial charge is 0.0973 e. The summed E-state index contributed by atoms with van der Waals surface area (Å²) >= 11 is 0. The summed E-state index contributed by atoms with van der Waals surface area (Å²) in [4.78, 5) is 10.7. The molecule has 0 unspecified atom stereocenters. The second-order valence-corrected chi connectivity index (χ2v) is 12.9. The zero-order valence-electron chi connectivity index (χ0n) is 26.7. The van der Waals surface area contributed by atoms with Crippen LogP contribution in [0.25, 0.3) is 66.2 Å². The van der Waals surface area contributed by atoms with Gasteiger partial charge in [0.15, 0.2) is 0 Å². The summed E-state index contributed by atoms with van der Waals surface area (Å²) in [5.41, 5.74) is 13.0. The van der Waals surface area contributed by atoms with Crippen LogP contribution in [0.3, 0.4) is 0 Å². The van der Waals surface area contributed by atoms with Gasteiger partial charge < -0.3 is 0 Å². The van der Waals surface area contributed by atoms with Crippen molar-refractivity contribution in [1.82, 2.24) is 9.97 Å². The van der Waals surface area contributed by atoms with Crippen LogP contribution in [0.1, 0.15) is 22.3 Å². The number of hydrogen-bond acceptors (Lipinski definition) is 2. The van der Waals surface area contributed by atoms with E-state index < -0.39 is 5.41 Å². The first kappa shape index (κ1) is 27.7. The second kappa shape index (κ2) is 10.8. The van der Waals surface area contributed by atoms with Gasteiger partial charge in [-0.1, -0.05) is 170 Å². The minimum atomic E-state index is -0.422. The molecule has 9 aromatic rings. The molecule has 1 aliphatic carbocycles. The molecule has 1 heterocycles. The lowest BCUT2D eigenvalue weighted by Gasteiger charge is -2.33. The van der Waals surface area contributed by atoms with Gasteiger partial charge in [0.25, 0.3) is 0 Å². The van der Waals surface area contributed by atoms with Crippen molar-refractivity contribution in [3.63, 3.8) is 0 Å². The third-order valence-electron chi connectivity index (χ3n) is 10.3. The summed E-state index contributed by atoms with van der Waals surface area (Å²) in [5.74, 6) is 0. The number of hydrogen-bond donors (Lipinski definition) is 0. The fourth-order valence-corrected chi connectivity index (χ4v) is 8.21. The average Bonchev–Trinajstić information content (AvgIpc) is 3.49. The number of benzene rings is 8. The van der Waals surface area contributed by atoms with Gasteiger partial charge in [0.05, 0.1) is 27.8 Å². The average molecular weight is 623 g/mol. The molecule has 0 radical (unpaired) electrons. The summed E-state index contributed by atoms with van der Waals surface area (Å²) in [6.45, 7) is 0. The van der Waals surface area contributed by atoms with Crippen molar-refractivity contribution in [3.05, 3.63) is 204 Å². The summed E-state index contributed by atoms with van der Waals surface area (Å²) in [6.07, 6.45) is 0. The molecule has 0 saturated carbocycles. The Kier molecular flexibility index (Phi) is 6.13. The van der Waals surface area contributed by atoms with Crippen molar-refractivity contribution in [2.45, 2.75) is 5.41 Å². The predicted molar refractivity (Wildman–Crippen MR) is 203 cm³/mol. The quantitative estimate of drug-likeness (QED) is 0.183. The molecular weight excluding hydrogens is 593 g/mol. The van der Waals surface area contributed by atoms with Gasteiger partial charge in [-0.2, -0.15) is 0 Å². The topological polar surface area (TPSA) is 25.8 Å². The summed E-state index contributed by atoms with van der Waals surface area (Å²) in [6, 6.07) is 65.5. The Morgan fingerprint density at radius 2 is 1.02 bits per heavy atom. The van der Waals surface area contributed by atoms with Crippen LogP contribution >= 0.6 is 0 Å². The molecule has 49 heavy (non-hydrogen) atoms. The van der Waals surface area contributed by atoms with E-state index in [9.17, 15) is 0 Å². The van der Waals surface area contributed by atoms with E-state index in [1.54, 1.807) is 0 Å². The molecule has 0 atom stereocenters. The van der Waals surface area contributed by atoms with Crippen molar-refractivity contribution in [2.24, 2.45) is 0 Å². The van der Waals surface area contributed by atoms with Crippen molar-refractivity contribution in [2.75, 3.05) is 0 Å². The SMILES string of the molecule is c1ccc(-c2nc3c(ccc4ccccc43)nc2-c2ccc3c4c(ccc3c2)C(c2ccccc2)(c2ccccc2)c2ccccc2-4)cc1. The van der Waals surface area contributed by atoms with Gasteiger partial charge in [-0.3, -0.25) is 0 Å². The maximum absolute atomic E-state index is 5.34. The third kappa shape index (κ3) is 4.07. The number of aromatic nitrogens is 2. The predicted octanol–water partition coefficient (Wildman–Crippen LogP) is 11.6. The first-order chi connectivity index (χ1) is 24.3. The van der Waals surface area contributed by atoms with E-state index in [1.165, 1.54) is 44.2 Å². The van der Waals surface area contributed by atoms with Crippen LogP contribution < -0.4 is 0 Å². The van der Waals surface area contributed by atoms with Crippen molar-refractivity contribution in [3.8, 4) is 33.6 Å². The molecule has 0 saturated heterocycles. The Balaban J connectivity index is 1.23. The highest BCUT2D eigenvalue weighted by molar-refractivity contribution is 6.07. The van der Waals surface area contributed by atoms with Crippen LogP contribution in [0.4, 0.5) is 0 Å². The zero-order valence-corrected chi connectivity index (χ0v) is 26.7. The minimum absolute atomic E-state index is 0.422. The molecule has 1 aliphatic rings. The molecule has 0 spiro atoms. The molecule has 1 aromatic heterocycles. The van der Waals surface area contributed by atoms with Gasteiger partial charge in [-0.05, 0) is 61.7 Å². The van der Waals surface area contributed by atoms with Gasteiger partial charge >= 0.3 is 0 Å². The first-order valence-electron chi connectivity index (χ1n) is 16.8. The number of rotatable bonds is 4. The lowest BCUT2D eigenvalue weighted by molar-refractivity contribution is 0.769. The van der Waals surface area contributed by atoms with E-state index >= 15 is 0 Å². The van der Waals surface area contributed by atoms with Crippen molar-refractivity contribution >= 4 is 32.6 Å². The zero-order chi connectivity index (χ0) is 32.4. The minimum Gasteiger partial charge on any atom is -0.244 e. The molecule has 10 rings (SSSR count). The fraction of sp³-hybridized carbons (Fsp3) is 0.0213. The Morgan fingerprint density at radius 1 is 0.388 bits per heavy atom. The van der Waals surface area contributed by atoms with Gasteiger partial charge in [-0.25, -0.2) is 9.97 Å². The van der Waals surface area contributed by atoms with Crippen LogP contribution in [0.5, 0.6) is 0 Å². The van der Waals surface area contributed by atoms with Crippen LogP contribution in [0.15, 0.2) is 182 Å². The summed E-state index contributed by atoms with van der Waals surface area (Å²) < 4.78 is 0. The highest BCUT2D eigenvalue weighted by atomic mass is 14.8. The Labute approximate surface area is 285 Å². The summed E-state index contributed by atoms with van der Waals surface area (Å²) in [7, 11) is 0. The van der Waals surface area contributed by atoms with Crippen LogP contribution in [0, 0.1) is 0 Å². The van der Waals surface area contributed by atoms with Crippen LogP contribution in [-0.2, 0) is 5.41 Å². The van der Waals surface area contributed by atoms with E-state index in [0.29, 0.717) is 0 Å². The van der Waals surface area contributed by atoms with Gasteiger partial charge in [-0.15, -0.1) is 0 Å². The standard InChI is InChI=1S/C47H30N2/c1-4-15-32(16-5-1)44-45(48-42-29-26-31-14-10-11-21-38(31)46(42)49-44)34-24-27-37-33(30-34)25-28-41-43(37)39-22-12-13-23-40(39)47(41,35-17-6-2-7-18-35)36-19-8-3-9-20-36/h1-30H. The van der Waals surface area contributed by atoms with Gasteiger partial charge in [0.2, 0.25) is 0 Å². The largest absolute Gasteiger partial charge is 0.244 e. The Bertz CT molecular complexity index is 2660. The molecule has 0 aliphatic heterocycles. The molecule has 0 amide bonds. The number of fused-ring (bicyclic) bond motifs is 8. The monoisotopic (exact) mass is 622 g/mol. The molecule has 228 valence electrons. The highest BCUT2D eigenvalue weighted by Gasteiger charge is 2.46. The maximum Gasteiger partial charge on any atom is 0.0973 e. The normalized spacial score (nSPS) is 13.1. The third-order valence-corrected chi connectivity index (χ3v) is 10.3. The van der Waals surface area contributed by atoms with E-state index in [4.69, 9.17) is 9.97 Å². The van der Waals surface area contributed by atoms with E-state index in [-0.39, 0.29) is 0 Å². The molecule has 0 fully saturated rings. The molecule has 2 nitrogen and oxygen atoms in total. The molecule has 2 heteroatoms. The lowest BCUT2D eigenvalue weighted by atomic mass is 9.67. The van der Waals surface area contributed by atoms with E-state index in [0.717, 1.165) is 44.3 Å². The molecule has 8 aromatic carbocycles. The van der Waals surface area contributed by atoms with Crippen LogP contribution in [-0.4, -0.2) is 9.97 Å². The van der Waals surface area contributed by atoms with Crippen LogP contribution in [0.2, 0.25) is 0 Å². The highest BCUT2D eigenvalue weighted by Crippen LogP contribution is 2.57. The summed E-state index contributed by atoms with van der Waals surface area (Å²) in [5, 5.41) is 4.70. The van der Waals surface area contributed by atoms with Gasteiger partial charge in [0.1, 0.15) is 0 Å². The molecular formula is C47H30N2. The van der Waals surface area contributed by atoms with E-state index in [2.05, 4.69) is 176 Å². The van der Waals surface area contributed by atoms with E-state index in [1.807, 2.05) is 6.07 Å². The fourth-order valence-electron chi connectivity index (χ4n) is 8.21. The number of nitrogens with zero attached hydrogens (tertiary/aromatic N) is 2. The maximum atomic E-state index is 5.34. The molecule has 0 N–H and O–H groups in total. The van der Waals surface area contributed by atoms with Crippen molar-refractivity contribution in [1.29, 1.82) is 0 Å². The Morgan fingerprint density at radius 3 is 1.80 bits per heavy atom. The molecule has 0 bridgehead atoms. The lowest BCUT2D eigenvalue weighted by Crippen LogP contribution is -2.28. The van der Waals surface area contributed by atoms with Gasteiger partial charge in [0, 0.05) is 16.5 Å².